The molecule has 2 heterocycles. The third-order valence-corrected chi connectivity index (χ3v) is 4.64. The number of oxazole rings is 1. The minimum Gasteiger partial charge on any atom is -0.440 e. The van der Waals surface area contributed by atoms with Gasteiger partial charge in [-0.15, -0.1) is 0 Å². The van der Waals surface area contributed by atoms with Crippen molar-refractivity contribution >= 4 is 28.6 Å². The minimum absolute atomic E-state index is 0.108. The summed E-state index contributed by atoms with van der Waals surface area (Å²) in [7, 11) is 0. The summed E-state index contributed by atoms with van der Waals surface area (Å²) in [6.07, 6.45) is 2.11. The zero-order valence-electron chi connectivity index (χ0n) is 15.2. The van der Waals surface area contributed by atoms with E-state index in [1.54, 1.807) is 23.1 Å². The average Bonchev–Trinajstić information content (AvgIpc) is 3.32. The molecule has 2 aliphatic rings. The summed E-state index contributed by atoms with van der Waals surface area (Å²) < 4.78 is 11.5. The van der Waals surface area contributed by atoms with Crippen LogP contribution in [0, 0.1) is 0 Å². The number of aromatic nitrogens is 1. The number of carbonyl (C=O) groups excluding carboxylic acids is 2. The van der Waals surface area contributed by atoms with Gasteiger partial charge in [0.05, 0.1) is 11.7 Å². The van der Waals surface area contributed by atoms with Crippen LogP contribution < -0.4 is 5.32 Å². The smallest absolute Gasteiger partial charge is 0.313 e. The summed E-state index contributed by atoms with van der Waals surface area (Å²) in [6.45, 7) is 6.52. The molecule has 7 nitrogen and oxygen atoms in total. The highest BCUT2D eigenvalue weighted by molar-refractivity contribution is 6.39. The molecule has 1 saturated carbocycles. The first kappa shape index (κ1) is 17.0. The van der Waals surface area contributed by atoms with E-state index >= 15 is 0 Å². The summed E-state index contributed by atoms with van der Waals surface area (Å²) in [4.78, 5) is 30.9. The normalized spacial score (nSPS) is 22.4. The van der Waals surface area contributed by atoms with E-state index in [1.165, 1.54) is 0 Å². The van der Waals surface area contributed by atoms with Crippen LogP contribution in [0.4, 0.5) is 5.69 Å². The summed E-state index contributed by atoms with van der Waals surface area (Å²) in [5, 5.41) is 2.67. The minimum atomic E-state index is -0.653. The van der Waals surface area contributed by atoms with Gasteiger partial charge in [0.2, 0.25) is 0 Å². The van der Waals surface area contributed by atoms with Gasteiger partial charge in [0.1, 0.15) is 5.52 Å². The van der Waals surface area contributed by atoms with Crippen molar-refractivity contribution in [2.24, 2.45) is 0 Å². The first-order valence-corrected chi connectivity index (χ1v) is 8.99. The van der Waals surface area contributed by atoms with E-state index in [1.807, 2.05) is 20.8 Å². The van der Waals surface area contributed by atoms with Crippen molar-refractivity contribution < 1.29 is 18.7 Å². The third-order valence-electron chi connectivity index (χ3n) is 4.64. The van der Waals surface area contributed by atoms with Gasteiger partial charge < -0.3 is 19.4 Å². The molecule has 7 heteroatoms. The van der Waals surface area contributed by atoms with Gasteiger partial charge in [-0.05, 0) is 51.8 Å². The van der Waals surface area contributed by atoms with Gasteiger partial charge in [0.25, 0.3) is 0 Å². The molecular formula is C19H23N3O4. The largest absolute Gasteiger partial charge is 0.440 e. The fourth-order valence-corrected chi connectivity index (χ4v) is 3.46. The Morgan fingerprint density at radius 1 is 1.31 bits per heavy atom. The number of morpholine rings is 1. The van der Waals surface area contributed by atoms with Crippen LogP contribution in [0.1, 0.15) is 45.4 Å². The van der Waals surface area contributed by atoms with Crippen molar-refractivity contribution in [2.45, 2.75) is 51.2 Å². The monoisotopic (exact) mass is 357 g/mol. The SMILES string of the molecule is C[C@@H]1CN(C(=O)C(=O)Nc2ccc3oc(C4CC4)nc3c2)CC(C)(C)O1. The molecule has 1 aromatic carbocycles. The number of ether oxygens (including phenoxy) is 1. The number of carbonyl (C=O) groups is 2. The molecule has 2 aromatic rings. The van der Waals surface area contributed by atoms with Crippen LogP contribution in [-0.2, 0) is 14.3 Å². The maximum absolute atomic E-state index is 12.5. The molecule has 0 spiro atoms. The molecule has 0 unspecified atom stereocenters. The van der Waals surface area contributed by atoms with E-state index in [9.17, 15) is 9.59 Å². The number of hydrogen-bond acceptors (Lipinski definition) is 5. The molecule has 1 aliphatic carbocycles. The Balaban J connectivity index is 1.46. The highest BCUT2D eigenvalue weighted by Crippen LogP contribution is 2.40. The summed E-state index contributed by atoms with van der Waals surface area (Å²) in [5.41, 5.74) is 1.46. The predicted molar refractivity (Wildman–Crippen MR) is 95.8 cm³/mol. The van der Waals surface area contributed by atoms with Gasteiger partial charge in [-0.1, -0.05) is 0 Å². The molecule has 1 aliphatic heterocycles. The summed E-state index contributed by atoms with van der Waals surface area (Å²) in [6, 6.07) is 5.23. The molecule has 1 N–H and O–H groups in total. The number of nitrogens with one attached hydrogen (secondary N) is 1. The lowest BCUT2D eigenvalue weighted by atomic mass is 10.1. The van der Waals surface area contributed by atoms with Crippen molar-refractivity contribution in [3.8, 4) is 0 Å². The van der Waals surface area contributed by atoms with Gasteiger partial charge in [-0.3, -0.25) is 9.59 Å². The van der Waals surface area contributed by atoms with Crippen LogP contribution in [-0.4, -0.2) is 46.5 Å². The third kappa shape index (κ3) is 3.44. The second-order valence-corrected chi connectivity index (χ2v) is 7.84. The fourth-order valence-electron chi connectivity index (χ4n) is 3.46. The lowest BCUT2D eigenvalue weighted by Gasteiger charge is -2.41. The number of benzene rings is 1. The van der Waals surface area contributed by atoms with Crippen LogP contribution in [0.3, 0.4) is 0 Å². The standard InChI is InChI=1S/C19H23N3O4/c1-11-9-22(10-19(2,3)26-11)18(24)16(23)20-13-6-7-15-14(8-13)21-17(25-15)12-4-5-12/h6-8,11-12H,4-5,9-10H2,1-3H3,(H,20,23)/t11-/m1/s1. The zero-order valence-corrected chi connectivity index (χ0v) is 15.2. The Kier molecular flexibility index (Phi) is 3.99. The number of nitrogens with zero attached hydrogens (tertiary/aromatic N) is 2. The summed E-state index contributed by atoms with van der Waals surface area (Å²) in [5.74, 6) is -0.0231. The number of anilines is 1. The van der Waals surface area contributed by atoms with Crippen molar-refractivity contribution in [3.05, 3.63) is 24.1 Å². The average molecular weight is 357 g/mol. The molecule has 26 heavy (non-hydrogen) atoms. The Morgan fingerprint density at radius 2 is 2.08 bits per heavy atom. The number of amides is 2. The highest BCUT2D eigenvalue weighted by atomic mass is 16.5. The van der Waals surface area contributed by atoms with Gasteiger partial charge >= 0.3 is 11.8 Å². The number of fused-ring (bicyclic) bond motifs is 1. The summed E-state index contributed by atoms with van der Waals surface area (Å²) >= 11 is 0. The Labute approximate surface area is 151 Å². The van der Waals surface area contributed by atoms with E-state index in [-0.39, 0.29) is 6.10 Å². The maximum atomic E-state index is 12.5. The number of hydrogen-bond donors (Lipinski definition) is 1. The maximum Gasteiger partial charge on any atom is 0.313 e. The zero-order chi connectivity index (χ0) is 18.5. The van der Waals surface area contributed by atoms with Gasteiger partial charge in [0.15, 0.2) is 11.5 Å². The van der Waals surface area contributed by atoms with E-state index in [4.69, 9.17) is 9.15 Å². The molecule has 4 rings (SSSR count). The van der Waals surface area contributed by atoms with Crippen molar-refractivity contribution in [2.75, 3.05) is 18.4 Å². The van der Waals surface area contributed by atoms with Crippen LogP contribution in [0.25, 0.3) is 11.1 Å². The predicted octanol–water partition coefficient (Wildman–Crippen LogP) is 2.67. The van der Waals surface area contributed by atoms with E-state index in [0.29, 0.717) is 35.8 Å². The van der Waals surface area contributed by atoms with Crippen LogP contribution in [0.2, 0.25) is 0 Å². The lowest BCUT2D eigenvalue weighted by molar-refractivity contribution is -0.161. The van der Waals surface area contributed by atoms with Crippen molar-refractivity contribution in [3.63, 3.8) is 0 Å². The van der Waals surface area contributed by atoms with Crippen LogP contribution >= 0.6 is 0 Å². The second kappa shape index (κ2) is 6.09. The Bertz CT molecular complexity index is 869. The second-order valence-electron chi connectivity index (χ2n) is 7.84. The van der Waals surface area contributed by atoms with E-state index < -0.39 is 17.4 Å². The van der Waals surface area contributed by atoms with Crippen LogP contribution in [0.15, 0.2) is 22.6 Å². The highest BCUT2D eigenvalue weighted by Gasteiger charge is 2.36. The van der Waals surface area contributed by atoms with E-state index in [2.05, 4.69) is 10.3 Å². The molecule has 1 aromatic heterocycles. The van der Waals surface area contributed by atoms with Crippen molar-refractivity contribution in [1.82, 2.24) is 9.88 Å². The molecule has 0 radical (unpaired) electrons. The topological polar surface area (TPSA) is 84.7 Å². The van der Waals surface area contributed by atoms with Gasteiger partial charge in [0, 0.05) is 24.7 Å². The van der Waals surface area contributed by atoms with Gasteiger partial charge in [-0.2, -0.15) is 0 Å². The molecular weight excluding hydrogens is 334 g/mol. The molecule has 2 fully saturated rings. The molecule has 2 amide bonds. The van der Waals surface area contributed by atoms with Crippen LogP contribution in [0.5, 0.6) is 0 Å². The van der Waals surface area contributed by atoms with Crippen molar-refractivity contribution in [1.29, 1.82) is 0 Å². The fraction of sp³-hybridized carbons (Fsp3) is 0.526. The Morgan fingerprint density at radius 3 is 2.77 bits per heavy atom. The molecule has 138 valence electrons. The molecule has 1 saturated heterocycles. The first-order chi connectivity index (χ1) is 12.3. The number of rotatable bonds is 2. The van der Waals surface area contributed by atoms with E-state index in [0.717, 1.165) is 18.7 Å². The van der Waals surface area contributed by atoms with Gasteiger partial charge in [-0.25, -0.2) is 4.98 Å². The Hall–Kier alpha value is -2.41. The lowest BCUT2D eigenvalue weighted by Crippen LogP contribution is -2.56. The molecule has 1 atom stereocenters. The first-order valence-electron chi connectivity index (χ1n) is 8.99. The quantitative estimate of drug-likeness (QED) is 0.835. The molecule has 0 bridgehead atoms.